The Labute approximate surface area is 129 Å². The molecule has 0 bridgehead atoms. The van der Waals surface area contributed by atoms with Crippen LogP contribution in [0.3, 0.4) is 0 Å². The summed E-state index contributed by atoms with van der Waals surface area (Å²) < 4.78 is 0. The van der Waals surface area contributed by atoms with Crippen molar-refractivity contribution in [2.24, 2.45) is 71.0 Å². The van der Waals surface area contributed by atoms with Gasteiger partial charge in [0.25, 0.3) is 0 Å². The Balaban J connectivity index is 1.14. The van der Waals surface area contributed by atoms with Gasteiger partial charge in [0.15, 0.2) is 0 Å². The first-order chi connectivity index (χ1) is 10.4. The lowest BCUT2D eigenvalue weighted by Crippen LogP contribution is -2.68. The second kappa shape index (κ2) is 3.57. The SMILES string of the molecule is C1CC2C1CC1C3CCC4C(CCC3C21)[C@@H]1C2CCC2C41. The topological polar surface area (TPSA) is 0 Å². The molecule has 7 aliphatic carbocycles. The van der Waals surface area contributed by atoms with Crippen molar-refractivity contribution >= 4 is 0 Å². The van der Waals surface area contributed by atoms with E-state index in [1.54, 1.807) is 57.8 Å². The molecule has 7 saturated carbocycles. The molecule has 0 aromatic rings. The number of hydrogen-bond donors (Lipinski definition) is 0. The van der Waals surface area contributed by atoms with E-state index >= 15 is 0 Å². The molecule has 0 spiro atoms. The molecule has 0 aromatic heterocycles. The highest BCUT2D eigenvalue weighted by molar-refractivity contribution is 5.17. The van der Waals surface area contributed by atoms with Gasteiger partial charge in [0.1, 0.15) is 0 Å². The highest BCUT2D eigenvalue weighted by Crippen LogP contribution is 2.75. The van der Waals surface area contributed by atoms with Crippen LogP contribution in [-0.4, -0.2) is 0 Å². The van der Waals surface area contributed by atoms with Gasteiger partial charge in [-0.1, -0.05) is 0 Å². The number of rotatable bonds is 0. The van der Waals surface area contributed by atoms with Gasteiger partial charge >= 0.3 is 0 Å². The van der Waals surface area contributed by atoms with Crippen molar-refractivity contribution in [1.82, 2.24) is 0 Å². The molecular formula is C21H30. The number of fused-ring (bicyclic) bond motifs is 13. The second-order valence-electron chi connectivity index (χ2n) is 10.3. The summed E-state index contributed by atoms with van der Waals surface area (Å²) in [4.78, 5) is 0. The first-order valence-electron chi connectivity index (χ1n) is 10.4. The zero-order valence-electron chi connectivity index (χ0n) is 13.3. The molecule has 12 atom stereocenters. The minimum Gasteiger partial charge on any atom is -0.0499 e. The quantitative estimate of drug-likeness (QED) is 0.587. The molecule has 0 heterocycles. The Bertz CT molecular complexity index is 494. The minimum atomic E-state index is 1.21. The Hall–Kier alpha value is 0. The first kappa shape index (κ1) is 11.5. The molecule has 0 N–H and O–H groups in total. The van der Waals surface area contributed by atoms with Gasteiger partial charge in [-0.15, -0.1) is 0 Å². The van der Waals surface area contributed by atoms with Crippen molar-refractivity contribution in [1.29, 1.82) is 0 Å². The molecule has 0 aromatic carbocycles. The predicted molar refractivity (Wildman–Crippen MR) is 83.4 cm³/mol. The van der Waals surface area contributed by atoms with E-state index < -0.39 is 0 Å². The molecule has 7 fully saturated rings. The third-order valence-corrected chi connectivity index (χ3v) is 10.7. The van der Waals surface area contributed by atoms with Gasteiger partial charge in [0, 0.05) is 0 Å². The van der Waals surface area contributed by atoms with Crippen LogP contribution >= 0.6 is 0 Å². The summed E-state index contributed by atoms with van der Waals surface area (Å²) in [5.41, 5.74) is 0. The van der Waals surface area contributed by atoms with Gasteiger partial charge in [-0.2, -0.15) is 0 Å². The van der Waals surface area contributed by atoms with Crippen molar-refractivity contribution in [3.63, 3.8) is 0 Å². The van der Waals surface area contributed by atoms with Crippen LogP contribution in [0.1, 0.15) is 57.8 Å². The summed E-state index contributed by atoms with van der Waals surface area (Å²) >= 11 is 0. The third-order valence-electron chi connectivity index (χ3n) is 10.7. The van der Waals surface area contributed by atoms with Gasteiger partial charge in [0.2, 0.25) is 0 Å². The van der Waals surface area contributed by atoms with Crippen LogP contribution in [0.4, 0.5) is 0 Å². The van der Waals surface area contributed by atoms with E-state index in [0.29, 0.717) is 0 Å². The Kier molecular flexibility index (Phi) is 1.96. The molecule has 21 heavy (non-hydrogen) atoms. The fourth-order valence-electron chi connectivity index (χ4n) is 9.75. The standard InChI is InChI=1S/C21H30/c1-2-11-10(1)9-18-12-3-4-14-15(6-5-13(12)19(11)18)21-17-8-7-16(17)20(14)21/h10-21H,1-9H2/t10?,11?,12?,13?,14?,15?,16?,17?,18?,19?,20?,21-/m1/s1. The van der Waals surface area contributed by atoms with E-state index in [4.69, 9.17) is 0 Å². The molecule has 0 heteroatoms. The molecule has 0 radical (unpaired) electrons. The molecular weight excluding hydrogens is 252 g/mol. The zero-order valence-corrected chi connectivity index (χ0v) is 13.3. The lowest BCUT2D eigenvalue weighted by atomic mass is 9.31. The van der Waals surface area contributed by atoms with Gasteiger partial charge in [-0.25, -0.2) is 0 Å². The van der Waals surface area contributed by atoms with Crippen molar-refractivity contribution in [3.05, 3.63) is 0 Å². The molecule has 114 valence electrons. The van der Waals surface area contributed by atoms with E-state index in [1.165, 1.54) is 71.0 Å². The molecule has 7 rings (SSSR count). The highest BCUT2D eigenvalue weighted by atomic mass is 14.7. The maximum absolute atomic E-state index is 1.67. The normalized spacial score (nSPS) is 72.0. The van der Waals surface area contributed by atoms with Crippen LogP contribution in [0.5, 0.6) is 0 Å². The monoisotopic (exact) mass is 282 g/mol. The van der Waals surface area contributed by atoms with E-state index in [0.717, 1.165) is 0 Å². The minimum absolute atomic E-state index is 1.21. The third kappa shape index (κ3) is 1.12. The lowest BCUT2D eigenvalue weighted by molar-refractivity contribution is -0.261. The highest BCUT2D eigenvalue weighted by Gasteiger charge is 2.69. The van der Waals surface area contributed by atoms with Crippen molar-refractivity contribution in [2.45, 2.75) is 57.8 Å². The van der Waals surface area contributed by atoms with Crippen LogP contribution < -0.4 is 0 Å². The smallest absolute Gasteiger partial charge is 0.0318 e. The fourth-order valence-corrected chi connectivity index (χ4v) is 9.75. The van der Waals surface area contributed by atoms with Crippen LogP contribution in [0.25, 0.3) is 0 Å². The van der Waals surface area contributed by atoms with Crippen molar-refractivity contribution < 1.29 is 0 Å². The summed E-state index contributed by atoms with van der Waals surface area (Å²) in [6.45, 7) is 0. The Morgan fingerprint density at radius 1 is 0.333 bits per heavy atom. The Morgan fingerprint density at radius 2 is 0.810 bits per heavy atom. The van der Waals surface area contributed by atoms with E-state index in [1.807, 2.05) is 0 Å². The fraction of sp³-hybridized carbons (Fsp3) is 1.00. The van der Waals surface area contributed by atoms with Crippen molar-refractivity contribution in [2.75, 3.05) is 0 Å². The lowest BCUT2D eigenvalue weighted by Gasteiger charge is -2.74. The maximum Gasteiger partial charge on any atom is -0.0318 e. The van der Waals surface area contributed by atoms with Gasteiger partial charge in [-0.3, -0.25) is 0 Å². The summed E-state index contributed by atoms with van der Waals surface area (Å²) in [6, 6.07) is 0. The Morgan fingerprint density at radius 3 is 1.33 bits per heavy atom. The summed E-state index contributed by atoms with van der Waals surface area (Å²) in [5, 5.41) is 0. The summed E-state index contributed by atoms with van der Waals surface area (Å²) in [7, 11) is 0. The molecule has 0 aliphatic heterocycles. The van der Waals surface area contributed by atoms with E-state index in [-0.39, 0.29) is 0 Å². The second-order valence-corrected chi connectivity index (χ2v) is 10.3. The summed E-state index contributed by atoms with van der Waals surface area (Å²) in [5.74, 6) is 14.7. The van der Waals surface area contributed by atoms with Crippen LogP contribution in [-0.2, 0) is 0 Å². The van der Waals surface area contributed by atoms with Crippen LogP contribution in [0, 0.1) is 71.0 Å². The van der Waals surface area contributed by atoms with Gasteiger partial charge in [-0.05, 0) is 129 Å². The molecule has 0 nitrogen and oxygen atoms in total. The zero-order chi connectivity index (χ0) is 13.3. The van der Waals surface area contributed by atoms with Crippen LogP contribution in [0.2, 0.25) is 0 Å². The first-order valence-corrected chi connectivity index (χ1v) is 10.4. The average Bonchev–Trinajstić information content (AvgIpc) is 2.62. The summed E-state index contributed by atoms with van der Waals surface area (Å²) in [6.07, 6.45) is 14.8. The van der Waals surface area contributed by atoms with Gasteiger partial charge < -0.3 is 0 Å². The maximum atomic E-state index is 1.67. The van der Waals surface area contributed by atoms with Gasteiger partial charge in [0.05, 0.1) is 0 Å². The molecule has 0 amide bonds. The van der Waals surface area contributed by atoms with Crippen molar-refractivity contribution in [3.8, 4) is 0 Å². The van der Waals surface area contributed by atoms with E-state index in [2.05, 4.69) is 0 Å². The molecule has 11 unspecified atom stereocenters. The largest absolute Gasteiger partial charge is 0.0499 e. The van der Waals surface area contributed by atoms with E-state index in [9.17, 15) is 0 Å². The number of hydrogen-bond acceptors (Lipinski definition) is 0. The molecule has 0 saturated heterocycles. The molecule has 7 aliphatic rings. The predicted octanol–water partition coefficient (Wildman–Crippen LogP) is 4.99. The van der Waals surface area contributed by atoms with Crippen LogP contribution in [0.15, 0.2) is 0 Å². The average molecular weight is 282 g/mol.